The maximum atomic E-state index is 10.8. The SMILES string of the molecule is CCO/C([O-])=C/C=C1C=CC=C1.[Fe+2].c1cc[cH-]c1. The Bertz CT molecular complexity index is 380. The molecule has 0 saturated heterocycles. The van der Waals surface area contributed by atoms with Gasteiger partial charge in [-0.15, -0.1) is 0 Å². The molecule has 3 heteroatoms. The molecule has 0 fully saturated rings. The molecule has 2 rings (SSSR count). The third-order valence-electron chi connectivity index (χ3n) is 1.94. The van der Waals surface area contributed by atoms with E-state index in [2.05, 4.69) is 0 Å². The summed E-state index contributed by atoms with van der Waals surface area (Å²) in [5.41, 5.74) is 1.02. The summed E-state index contributed by atoms with van der Waals surface area (Å²) in [7, 11) is 0. The monoisotopic (exact) mass is 284 g/mol. The Morgan fingerprint density at radius 3 is 2.33 bits per heavy atom. The van der Waals surface area contributed by atoms with Crippen LogP contribution in [0.3, 0.4) is 0 Å². The quantitative estimate of drug-likeness (QED) is 0.485. The van der Waals surface area contributed by atoms with Gasteiger partial charge < -0.3 is 9.84 Å². The summed E-state index contributed by atoms with van der Waals surface area (Å²) in [6, 6.07) is 10.0. The standard InChI is InChI=1S/C10H12O2.C5H5.Fe/c1-2-12-10(11)8-7-9-5-3-4-6-9;1-2-4-5-3-1;/h3-8,11H,2H2,1H3;1-5H;/q;-1;+2/p-1/b10-8+;;. The first-order valence-electron chi connectivity index (χ1n) is 5.56. The smallest absolute Gasteiger partial charge is 0.614 e. The van der Waals surface area contributed by atoms with E-state index in [1.165, 1.54) is 6.08 Å². The number of ether oxygens (including phenoxy) is 1. The molecule has 0 heterocycles. The van der Waals surface area contributed by atoms with Gasteiger partial charge in [-0.25, -0.2) is 12.1 Å². The van der Waals surface area contributed by atoms with E-state index in [0.29, 0.717) is 6.61 Å². The fraction of sp³-hybridized carbons (Fsp3) is 0.133. The van der Waals surface area contributed by atoms with Gasteiger partial charge in [-0.05, 0) is 18.3 Å². The van der Waals surface area contributed by atoms with Crippen molar-refractivity contribution in [2.24, 2.45) is 0 Å². The topological polar surface area (TPSA) is 32.3 Å². The average Bonchev–Trinajstić information content (AvgIpc) is 3.03. The van der Waals surface area contributed by atoms with Crippen molar-refractivity contribution >= 4 is 0 Å². The van der Waals surface area contributed by atoms with Gasteiger partial charge >= 0.3 is 17.1 Å². The molecule has 1 aliphatic carbocycles. The summed E-state index contributed by atoms with van der Waals surface area (Å²) in [6.45, 7) is 2.21. The molecule has 0 bridgehead atoms. The van der Waals surface area contributed by atoms with Gasteiger partial charge in [0.2, 0.25) is 0 Å². The molecule has 0 N–H and O–H groups in total. The van der Waals surface area contributed by atoms with Crippen LogP contribution in [0.15, 0.2) is 78.3 Å². The van der Waals surface area contributed by atoms with Crippen molar-refractivity contribution in [1.82, 2.24) is 0 Å². The van der Waals surface area contributed by atoms with Gasteiger partial charge in [0.1, 0.15) is 0 Å². The predicted octanol–water partition coefficient (Wildman–Crippen LogP) is 2.68. The summed E-state index contributed by atoms with van der Waals surface area (Å²) in [5.74, 6) is -0.293. The third-order valence-corrected chi connectivity index (χ3v) is 1.94. The summed E-state index contributed by atoms with van der Waals surface area (Å²) < 4.78 is 4.71. The Balaban J connectivity index is 0.000000405. The molecule has 0 atom stereocenters. The van der Waals surface area contributed by atoms with E-state index in [1.807, 2.05) is 54.6 Å². The van der Waals surface area contributed by atoms with Crippen LogP contribution in [0.4, 0.5) is 0 Å². The minimum absolute atomic E-state index is 0. The van der Waals surface area contributed by atoms with E-state index in [-0.39, 0.29) is 23.0 Å². The maximum absolute atomic E-state index is 10.8. The van der Waals surface area contributed by atoms with Crippen LogP contribution >= 0.6 is 0 Å². The van der Waals surface area contributed by atoms with Gasteiger partial charge in [0, 0.05) is 0 Å². The first-order chi connectivity index (χ1) is 8.33. The van der Waals surface area contributed by atoms with Crippen LogP contribution in [0.5, 0.6) is 0 Å². The molecule has 0 saturated carbocycles. The predicted molar refractivity (Wildman–Crippen MR) is 68.1 cm³/mol. The van der Waals surface area contributed by atoms with Crippen LogP contribution in [0, 0.1) is 0 Å². The number of allylic oxidation sites excluding steroid dienone is 7. The first-order valence-corrected chi connectivity index (χ1v) is 5.56. The Hall–Kier alpha value is -1.57. The number of rotatable bonds is 3. The van der Waals surface area contributed by atoms with Crippen molar-refractivity contribution in [2.45, 2.75) is 6.92 Å². The molecule has 1 aromatic rings. The van der Waals surface area contributed by atoms with Crippen LogP contribution in [0.25, 0.3) is 0 Å². The van der Waals surface area contributed by atoms with E-state index in [4.69, 9.17) is 4.74 Å². The van der Waals surface area contributed by atoms with Crippen molar-refractivity contribution in [1.29, 1.82) is 0 Å². The van der Waals surface area contributed by atoms with Crippen LogP contribution in [-0.4, -0.2) is 6.61 Å². The van der Waals surface area contributed by atoms with Gasteiger partial charge in [-0.1, -0.05) is 37.3 Å². The molecular weight excluding hydrogens is 268 g/mol. The summed E-state index contributed by atoms with van der Waals surface area (Å²) >= 11 is 0. The third kappa shape index (κ3) is 7.66. The second-order valence-electron chi connectivity index (χ2n) is 3.27. The van der Waals surface area contributed by atoms with Crippen molar-refractivity contribution < 1.29 is 26.9 Å². The van der Waals surface area contributed by atoms with E-state index in [0.717, 1.165) is 5.57 Å². The van der Waals surface area contributed by atoms with Crippen LogP contribution in [0.2, 0.25) is 0 Å². The molecular formula is C15H16FeO2. The first kappa shape index (κ1) is 16.4. The second-order valence-corrected chi connectivity index (χ2v) is 3.27. The fourth-order valence-corrected chi connectivity index (χ4v) is 1.18. The van der Waals surface area contributed by atoms with E-state index in [9.17, 15) is 5.11 Å². The summed E-state index contributed by atoms with van der Waals surface area (Å²) in [5, 5.41) is 10.8. The largest absolute Gasteiger partial charge is 2.00 e. The number of hydrogen-bond donors (Lipinski definition) is 0. The molecule has 0 radical (unpaired) electrons. The molecule has 0 unspecified atom stereocenters. The van der Waals surface area contributed by atoms with Gasteiger partial charge in [0.25, 0.3) is 0 Å². The molecule has 96 valence electrons. The molecule has 1 aliphatic rings. The zero-order valence-electron chi connectivity index (χ0n) is 10.2. The van der Waals surface area contributed by atoms with Crippen molar-refractivity contribution in [3.8, 4) is 0 Å². The zero-order valence-corrected chi connectivity index (χ0v) is 11.3. The van der Waals surface area contributed by atoms with Gasteiger partial charge in [0.15, 0.2) is 0 Å². The molecule has 1 aromatic carbocycles. The van der Waals surface area contributed by atoms with Crippen molar-refractivity contribution in [2.75, 3.05) is 6.61 Å². The van der Waals surface area contributed by atoms with Crippen LogP contribution in [0.1, 0.15) is 6.92 Å². The zero-order chi connectivity index (χ0) is 12.3. The van der Waals surface area contributed by atoms with E-state index < -0.39 is 0 Å². The van der Waals surface area contributed by atoms with Crippen molar-refractivity contribution in [3.05, 3.63) is 78.3 Å². The summed E-state index contributed by atoms with van der Waals surface area (Å²) in [4.78, 5) is 0. The fourth-order valence-electron chi connectivity index (χ4n) is 1.18. The van der Waals surface area contributed by atoms with E-state index in [1.54, 1.807) is 13.0 Å². The maximum Gasteiger partial charge on any atom is 2.00 e. The van der Waals surface area contributed by atoms with Gasteiger partial charge in [0.05, 0.1) is 5.95 Å². The molecule has 0 aliphatic heterocycles. The molecule has 18 heavy (non-hydrogen) atoms. The second kappa shape index (κ2) is 10.6. The van der Waals surface area contributed by atoms with Crippen molar-refractivity contribution in [3.63, 3.8) is 0 Å². The Morgan fingerprint density at radius 1 is 1.28 bits per heavy atom. The van der Waals surface area contributed by atoms with Crippen LogP contribution < -0.4 is 5.11 Å². The average molecular weight is 284 g/mol. The molecule has 0 aromatic heterocycles. The van der Waals surface area contributed by atoms with E-state index >= 15 is 0 Å². The van der Waals surface area contributed by atoms with Gasteiger partial charge in [-0.3, -0.25) is 0 Å². The number of hydrogen-bond acceptors (Lipinski definition) is 2. The Labute approximate surface area is 119 Å². The Morgan fingerprint density at radius 2 is 1.89 bits per heavy atom. The summed E-state index contributed by atoms with van der Waals surface area (Å²) in [6.07, 6.45) is 10.9. The normalized spacial score (nSPS) is 12.5. The Kier molecular flexibility index (Phi) is 9.65. The molecule has 0 amide bonds. The van der Waals surface area contributed by atoms with Crippen LogP contribution in [-0.2, 0) is 21.8 Å². The molecule has 0 spiro atoms. The minimum Gasteiger partial charge on any atom is -0.614 e. The van der Waals surface area contributed by atoms with Gasteiger partial charge in [-0.2, -0.15) is 18.2 Å². The minimum atomic E-state index is -0.293. The molecule has 2 nitrogen and oxygen atoms in total.